The predicted octanol–water partition coefficient (Wildman–Crippen LogP) is -0.960. The fraction of sp³-hybridized carbons (Fsp3) is 1.00. The Morgan fingerprint density at radius 1 is 1.17 bits per heavy atom. The van der Waals surface area contributed by atoms with E-state index in [-0.39, 0.29) is 6.54 Å². The van der Waals surface area contributed by atoms with Gasteiger partial charge < -0.3 is 21.7 Å². The van der Waals surface area contributed by atoms with E-state index in [0.717, 1.165) is 0 Å². The molecule has 0 aromatic rings. The van der Waals surface area contributed by atoms with E-state index < -0.39 is 18.2 Å². The lowest BCUT2D eigenvalue weighted by Gasteiger charge is -2.23. The van der Waals surface area contributed by atoms with E-state index in [1.165, 1.54) is 0 Å². The minimum absolute atomic E-state index is 0.0936. The van der Waals surface area contributed by atoms with Crippen LogP contribution in [0.3, 0.4) is 0 Å². The van der Waals surface area contributed by atoms with E-state index in [4.69, 9.17) is 11.5 Å². The first kappa shape index (κ1) is 11.8. The van der Waals surface area contributed by atoms with Crippen molar-refractivity contribution >= 4 is 0 Å². The smallest absolute Gasteiger partial charge is 0.0838 e. The molecule has 0 aliphatic carbocycles. The number of nitrogens with two attached hydrogens (primary N) is 2. The van der Waals surface area contributed by atoms with Gasteiger partial charge in [-0.1, -0.05) is 13.8 Å². The Labute approximate surface area is 73.6 Å². The lowest BCUT2D eigenvalue weighted by molar-refractivity contribution is 0.0485. The van der Waals surface area contributed by atoms with Crippen molar-refractivity contribution in [3.05, 3.63) is 0 Å². The van der Waals surface area contributed by atoms with Crippen LogP contribution in [-0.4, -0.2) is 35.0 Å². The minimum Gasteiger partial charge on any atom is -0.391 e. The molecule has 0 heterocycles. The molecule has 0 spiro atoms. The van der Waals surface area contributed by atoms with Crippen LogP contribution in [0.5, 0.6) is 0 Å². The highest BCUT2D eigenvalue weighted by Gasteiger charge is 2.22. The molecule has 0 bridgehead atoms. The summed E-state index contributed by atoms with van der Waals surface area (Å²) >= 11 is 0. The van der Waals surface area contributed by atoms with Crippen LogP contribution in [0.25, 0.3) is 0 Å². The van der Waals surface area contributed by atoms with Crippen LogP contribution in [-0.2, 0) is 0 Å². The van der Waals surface area contributed by atoms with Crippen molar-refractivity contribution in [2.24, 2.45) is 17.4 Å². The second-order valence-corrected chi connectivity index (χ2v) is 3.58. The highest BCUT2D eigenvalue weighted by atomic mass is 16.3. The third-order valence-electron chi connectivity index (χ3n) is 1.84. The molecular formula is C8H20N2O2. The fourth-order valence-electron chi connectivity index (χ4n) is 1.05. The van der Waals surface area contributed by atoms with E-state index in [0.29, 0.717) is 12.3 Å². The van der Waals surface area contributed by atoms with Crippen LogP contribution in [0.15, 0.2) is 0 Å². The third kappa shape index (κ3) is 4.01. The molecule has 0 rings (SSSR count). The summed E-state index contributed by atoms with van der Waals surface area (Å²) in [6.07, 6.45) is -0.875. The van der Waals surface area contributed by atoms with Crippen LogP contribution in [0.4, 0.5) is 0 Å². The lowest BCUT2D eigenvalue weighted by Crippen LogP contribution is -2.48. The number of rotatable bonds is 5. The zero-order valence-corrected chi connectivity index (χ0v) is 7.77. The Hall–Kier alpha value is -0.160. The molecule has 4 nitrogen and oxygen atoms in total. The van der Waals surface area contributed by atoms with Crippen LogP contribution >= 0.6 is 0 Å². The average Bonchev–Trinajstić information content (AvgIpc) is 2.00. The van der Waals surface area contributed by atoms with Gasteiger partial charge >= 0.3 is 0 Å². The second kappa shape index (κ2) is 5.48. The Morgan fingerprint density at radius 2 is 1.67 bits per heavy atom. The summed E-state index contributed by atoms with van der Waals surface area (Å²) in [5.74, 6) is 0.371. The molecule has 2 unspecified atom stereocenters. The number of aliphatic hydroxyl groups excluding tert-OH is 2. The maximum absolute atomic E-state index is 9.45. The first-order valence-electron chi connectivity index (χ1n) is 4.30. The molecule has 0 radical (unpaired) electrons. The summed E-state index contributed by atoms with van der Waals surface area (Å²) in [6, 6.07) is -0.627. The van der Waals surface area contributed by atoms with Crippen molar-refractivity contribution in [3.8, 4) is 0 Å². The van der Waals surface area contributed by atoms with Gasteiger partial charge in [0.15, 0.2) is 0 Å². The molecule has 6 N–H and O–H groups in total. The highest BCUT2D eigenvalue weighted by Crippen LogP contribution is 2.08. The maximum atomic E-state index is 9.45. The van der Waals surface area contributed by atoms with Gasteiger partial charge in [-0.25, -0.2) is 0 Å². The summed E-state index contributed by atoms with van der Waals surface area (Å²) in [5.41, 5.74) is 10.7. The third-order valence-corrected chi connectivity index (χ3v) is 1.84. The van der Waals surface area contributed by atoms with E-state index >= 15 is 0 Å². The Kier molecular flexibility index (Phi) is 5.41. The lowest BCUT2D eigenvalue weighted by atomic mass is 9.97. The molecule has 0 aliphatic heterocycles. The van der Waals surface area contributed by atoms with Crippen molar-refractivity contribution in [2.45, 2.75) is 38.5 Å². The first-order valence-corrected chi connectivity index (χ1v) is 4.30. The van der Waals surface area contributed by atoms with Crippen LogP contribution in [0.2, 0.25) is 0 Å². The molecule has 4 heteroatoms. The second-order valence-electron chi connectivity index (χ2n) is 3.58. The van der Waals surface area contributed by atoms with E-state index in [1.807, 2.05) is 13.8 Å². The standard InChI is InChI=1S/C8H20N2O2/c1-5(2)3-6(11)8(10)7(12)4-9/h5-8,11-12H,3-4,9-10H2,1-2H3/t6-,7?,8?/m1/s1. The SMILES string of the molecule is CC(C)C[C@@H](O)C(N)C(O)CN. The summed E-state index contributed by atoms with van der Waals surface area (Å²) in [7, 11) is 0. The van der Waals surface area contributed by atoms with Gasteiger partial charge in [-0.05, 0) is 12.3 Å². The van der Waals surface area contributed by atoms with Gasteiger partial charge in [-0.3, -0.25) is 0 Å². The van der Waals surface area contributed by atoms with E-state index in [9.17, 15) is 10.2 Å². The molecule has 0 saturated heterocycles. The van der Waals surface area contributed by atoms with Crippen molar-refractivity contribution in [1.82, 2.24) is 0 Å². The van der Waals surface area contributed by atoms with Gasteiger partial charge in [-0.2, -0.15) is 0 Å². The van der Waals surface area contributed by atoms with Crippen LogP contribution < -0.4 is 11.5 Å². The molecule has 0 aromatic heterocycles. The van der Waals surface area contributed by atoms with Crippen molar-refractivity contribution in [1.29, 1.82) is 0 Å². The number of hydrogen-bond donors (Lipinski definition) is 4. The van der Waals surface area contributed by atoms with Gasteiger partial charge in [0.05, 0.1) is 18.2 Å². The Balaban J connectivity index is 3.83. The molecule has 3 atom stereocenters. The molecule has 0 saturated carbocycles. The molecule has 0 fully saturated rings. The van der Waals surface area contributed by atoms with E-state index in [1.54, 1.807) is 0 Å². The average molecular weight is 176 g/mol. The summed E-state index contributed by atoms with van der Waals surface area (Å²) in [6.45, 7) is 4.08. The monoisotopic (exact) mass is 176 g/mol. The van der Waals surface area contributed by atoms with Gasteiger partial charge in [0, 0.05) is 6.54 Å². The zero-order chi connectivity index (χ0) is 9.72. The summed E-state index contributed by atoms with van der Waals surface area (Å²) in [5, 5.41) is 18.6. The van der Waals surface area contributed by atoms with Crippen LogP contribution in [0.1, 0.15) is 20.3 Å². The summed E-state index contributed by atoms with van der Waals surface area (Å²) in [4.78, 5) is 0. The van der Waals surface area contributed by atoms with Gasteiger partial charge in [0.2, 0.25) is 0 Å². The quantitative estimate of drug-likeness (QED) is 0.434. The first-order chi connectivity index (χ1) is 5.49. The van der Waals surface area contributed by atoms with Crippen molar-refractivity contribution in [3.63, 3.8) is 0 Å². The Morgan fingerprint density at radius 3 is 2.00 bits per heavy atom. The molecule has 12 heavy (non-hydrogen) atoms. The fourth-order valence-corrected chi connectivity index (χ4v) is 1.05. The summed E-state index contributed by atoms with van der Waals surface area (Å²) < 4.78 is 0. The van der Waals surface area contributed by atoms with Gasteiger partial charge in [0.25, 0.3) is 0 Å². The maximum Gasteiger partial charge on any atom is 0.0838 e. The van der Waals surface area contributed by atoms with E-state index in [2.05, 4.69) is 0 Å². The predicted molar refractivity (Wildman–Crippen MR) is 48.5 cm³/mol. The Bertz CT molecular complexity index is 120. The highest BCUT2D eigenvalue weighted by molar-refractivity contribution is 4.80. The molecule has 0 aliphatic rings. The number of aliphatic hydroxyl groups is 2. The van der Waals surface area contributed by atoms with Gasteiger partial charge in [-0.15, -0.1) is 0 Å². The molecule has 74 valence electrons. The largest absolute Gasteiger partial charge is 0.391 e. The topological polar surface area (TPSA) is 92.5 Å². The van der Waals surface area contributed by atoms with Crippen molar-refractivity contribution in [2.75, 3.05) is 6.54 Å². The van der Waals surface area contributed by atoms with Crippen molar-refractivity contribution < 1.29 is 10.2 Å². The molecule has 0 aromatic carbocycles. The van der Waals surface area contributed by atoms with Gasteiger partial charge in [0.1, 0.15) is 0 Å². The molecular weight excluding hydrogens is 156 g/mol. The molecule has 0 amide bonds. The number of hydrogen-bond acceptors (Lipinski definition) is 4. The zero-order valence-electron chi connectivity index (χ0n) is 7.77. The normalized spacial score (nSPS) is 19.2. The minimum atomic E-state index is -0.807. The van der Waals surface area contributed by atoms with Crippen LogP contribution in [0, 0.1) is 5.92 Å².